The molecule has 1 heterocycles. The largest absolute Gasteiger partial charge is 0.237 e. The summed E-state index contributed by atoms with van der Waals surface area (Å²) >= 11 is 0. The molecule has 0 saturated carbocycles. The van der Waals surface area contributed by atoms with Gasteiger partial charge >= 0.3 is 0 Å². The molecule has 0 spiro atoms. The summed E-state index contributed by atoms with van der Waals surface area (Å²) in [6.07, 6.45) is 0. The first-order valence-corrected chi connectivity index (χ1v) is 6.66. The second kappa shape index (κ2) is 4.97. The van der Waals surface area contributed by atoms with Crippen LogP contribution in [-0.4, -0.2) is 9.78 Å². The van der Waals surface area contributed by atoms with Crippen molar-refractivity contribution in [2.45, 2.75) is 46.5 Å². The molecule has 0 fully saturated rings. The van der Waals surface area contributed by atoms with Crippen molar-refractivity contribution in [2.75, 3.05) is 0 Å². The molecular weight excluding hydrogens is 220 g/mol. The third-order valence-electron chi connectivity index (χ3n) is 3.23. The maximum atomic E-state index is 4.62. The summed E-state index contributed by atoms with van der Waals surface area (Å²) in [7, 11) is 0. The van der Waals surface area contributed by atoms with E-state index in [1.54, 1.807) is 0 Å². The van der Waals surface area contributed by atoms with E-state index >= 15 is 0 Å². The van der Waals surface area contributed by atoms with Gasteiger partial charge in [-0.25, -0.2) is 4.68 Å². The van der Waals surface area contributed by atoms with Gasteiger partial charge in [0.1, 0.15) is 0 Å². The topological polar surface area (TPSA) is 17.8 Å². The Bertz CT molecular complexity index is 536. The first-order valence-electron chi connectivity index (χ1n) is 6.66. The molecule has 0 aliphatic rings. The molecule has 1 aromatic carbocycles. The van der Waals surface area contributed by atoms with Crippen LogP contribution in [0.3, 0.4) is 0 Å². The summed E-state index contributed by atoms with van der Waals surface area (Å²) < 4.78 is 2.08. The molecule has 2 aromatic rings. The van der Waals surface area contributed by atoms with E-state index in [1.807, 2.05) is 0 Å². The van der Waals surface area contributed by atoms with Crippen LogP contribution >= 0.6 is 0 Å². The maximum absolute atomic E-state index is 4.62. The van der Waals surface area contributed by atoms with Gasteiger partial charge in [-0.1, -0.05) is 39.8 Å². The van der Waals surface area contributed by atoms with Gasteiger partial charge in [-0.15, -0.1) is 0 Å². The van der Waals surface area contributed by atoms with Gasteiger partial charge in [-0.05, 0) is 42.5 Å². The van der Waals surface area contributed by atoms with Crippen LogP contribution in [0.1, 0.15) is 56.5 Å². The number of hydrogen-bond donors (Lipinski definition) is 0. The normalized spacial score (nSPS) is 11.5. The number of benzene rings is 1. The highest BCUT2D eigenvalue weighted by atomic mass is 15.3. The lowest BCUT2D eigenvalue weighted by molar-refractivity contribution is 0.729. The van der Waals surface area contributed by atoms with Crippen LogP contribution in [0.25, 0.3) is 5.69 Å². The highest BCUT2D eigenvalue weighted by Crippen LogP contribution is 2.23. The molecule has 0 unspecified atom stereocenters. The molecule has 96 valence electrons. The van der Waals surface area contributed by atoms with Gasteiger partial charge in [0.15, 0.2) is 0 Å². The number of hydrogen-bond acceptors (Lipinski definition) is 1. The van der Waals surface area contributed by atoms with Crippen molar-refractivity contribution in [2.24, 2.45) is 0 Å². The Morgan fingerprint density at radius 2 is 1.72 bits per heavy atom. The SMILES string of the molecule is Cc1cc(C(C)C)n(-c2cccc(C(C)C)c2)n1. The third-order valence-corrected chi connectivity index (χ3v) is 3.23. The second-order valence-electron chi connectivity index (χ2n) is 5.53. The zero-order valence-corrected chi connectivity index (χ0v) is 11.9. The summed E-state index contributed by atoms with van der Waals surface area (Å²) in [5.74, 6) is 1.03. The molecule has 0 amide bonds. The van der Waals surface area contributed by atoms with Gasteiger partial charge in [0.2, 0.25) is 0 Å². The molecule has 18 heavy (non-hydrogen) atoms. The molecule has 0 bridgehead atoms. The fourth-order valence-electron chi connectivity index (χ4n) is 2.15. The molecule has 0 aliphatic heterocycles. The number of aromatic nitrogens is 2. The van der Waals surface area contributed by atoms with Crippen molar-refractivity contribution in [3.8, 4) is 5.69 Å². The van der Waals surface area contributed by atoms with Crippen molar-refractivity contribution < 1.29 is 0 Å². The van der Waals surface area contributed by atoms with Crippen LogP contribution in [0, 0.1) is 6.92 Å². The van der Waals surface area contributed by atoms with E-state index < -0.39 is 0 Å². The van der Waals surface area contributed by atoms with E-state index in [9.17, 15) is 0 Å². The molecule has 1 aromatic heterocycles. The summed E-state index contributed by atoms with van der Waals surface area (Å²) in [6, 6.07) is 10.8. The van der Waals surface area contributed by atoms with E-state index in [4.69, 9.17) is 0 Å². The van der Waals surface area contributed by atoms with Gasteiger partial charge in [-0.3, -0.25) is 0 Å². The van der Waals surface area contributed by atoms with Gasteiger partial charge in [-0.2, -0.15) is 5.10 Å². The van der Waals surface area contributed by atoms with Crippen LogP contribution in [0.15, 0.2) is 30.3 Å². The third kappa shape index (κ3) is 2.47. The Balaban J connectivity index is 2.51. The molecule has 2 heteroatoms. The fourth-order valence-corrected chi connectivity index (χ4v) is 2.15. The van der Waals surface area contributed by atoms with Crippen molar-refractivity contribution >= 4 is 0 Å². The lowest BCUT2D eigenvalue weighted by Gasteiger charge is -2.12. The van der Waals surface area contributed by atoms with E-state index in [0.29, 0.717) is 11.8 Å². The molecule has 0 radical (unpaired) electrons. The minimum atomic E-state index is 0.480. The molecule has 0 atom stereocenters. The fraction of sp³-hybridized carbons (Fsp3) is 0.438. The van der Waals surface area contributed by atoms with Crippen molar-refractivity contribution in [1.82, 2.24) is 9.78 Å². The van der Waals surface area contributed by atoms with Crippen molar-refractivity contribution in [1.29, 1.82) is 0 Å². The minimum Gasteiger partial charge on any atom is -0.237 e. The second-order valence-corrected chi connectivity index (χ2v) is 5.53. The van der Waals surface area contributed by atoms with E-state index in [0.717, 1.165) is 11.4 Å². The Morgan fingerprint density at radius 1 is 1.00 bits per heavy atom. The van der Waals surface area contributed by atoms with E-state index in [2.05, 4.69) is 74.7 Å². The lowest BCUT2D eigenvalue weighted by Crippen LogP contribution is -2.04. The predicted octanol–water partition coefficient (Wildman–Crippen LogP) is 4.43. The van der Waals surface area contributed by atoms with Gasteiger partial charge in [0.25, 0.3) is 0 Å². The molecule has 0 N–H and O–H groups in total. The Labute approximate surface area is 110 Å². The van der Waals surface area contributed by atoms with Crippen LogP contribution in [-0.2, 0) is 0 Å². The Morgan fingerprint density at radius 3 is 2.33 bits per heavy atom. The van der Waals surface area contributed by atoms with Gasteiger partial charge < -0.3 is 0 Å². The van der Waals surface area contributed by atoms with Crippen molar-refractivity contribution in [3.05, 3.63) is 47.3 Å². The molecule has 2 nitrogen and oxygen atoms in total. The standard InChI is InChI=1S/C16H22N2/c1-11(2)14-7-6-8-15(10-14)18-16(12(3)4)9-13(5)17-18/h6-12H,1-5H3. The zero-order valence-electron chi connectivity index (χ0n) is 11.9. The first-order chi connectivity index (χ1) is 8.49. The van der Waals surface area contributed by atoms with Crippen LogP contribution in [0.4, 0.5) is 0 Å². The Kier molecular flexibility index (Phi) is 3.55. The maximum Gasteiger partial charge on any atom is 0.0651 e. The number of rotatable bonds is 3. The number of aryl methyl sites for hydroxylation is 1. The highest BCUT2D eigenvalue weighted by molar-refractivity contribution is 5.38. The summed E-state index contributed by atoms with van der Waals surface area (Å²) in [4.78, 5) is 0. The average molecular weight is 242 g/mol. The van der Waals surface area contributed by atoms with E-state index in [-0.39, 0.29) is 0 Å². The quantitative estimate of drug-likeness (QED) is 0.778. The molecule has 2 rings (SSSR count). The van der Waals surface area contributed by atoms with Crippen molar-refractivity contribution in [3.63, 3.8) is 0 Å². The van der Waals surface area contributed by atoms with E-state index in [1.165, 1.54) is 11.3 Å². The lowest BCUT2D eigenvalue weighted by atomic mass is 10.0. The summed E-state index contributed by atoms with van der Waals surface area (Å²) in [5.41, 5.74) is 4.87. The van der Waals surface area contributed by atoms with Crippen LogP contribution < -0.4 is 0 Å². The van der Waals surface area contributed by atoms with Gasteiger partial charge in [0, 0.05) is 5.69 Å². The monoisotopic (exact) mass is 242 g/mol. The minimum absolute atomic E-state index is 0.480. The highest BCUT2D eigenvalue weighted by Gasteiger charge is 2.11. The molecular formula is C16H22N2. The zero-order chi connectivity index (χ0) is 13.3. The molecule has 0 aliphatic carbocycles. The van der Waals surface area contributed by atoms with Crippen LogP contribution in [0.5, 0.6) is 0 Å². The molecule has 0 saturated heterocycles. The predicted molar refractivity (Wildman–Crippen MR) is 76.5 cm³/mol. The summed E-state index contributed by atoms with van der Waals surface area (Å²) in [5, 5.41) is 4.62. The van der Waals surface area contributed by atoms with Crippen LogP contribution in [0.2, 0.25) is 0 Å². The first kappa shape index (κ1) is 12.9. The number of nitrogens with zero attached hydrogens (tertiary/aromatic N) is 2. The van der Waals surface area contributed by atoms with Gasteiger partial charge in [0.05, 0.1) is 11.4 Å². The summed E-state index contributed by atoms with van der Waals surface area (Å²) in [6.45, 7) is 10.9. The smallest absolute Gasteiger partial charge is 0.0651 e. The Hall–Kier alpha value is -1.57. The average Bonchev–Trinajstić information content (AvgIpc) is 2.72.